The number of nitrogens with zero attached hydrogens (tertiary/aromatic N) is 1. The SMILES string of the molecule is Nc1ccc(F)c(C(=O)Nc2ccncc2)c1. The van der Waals surface area contributed by atoms with Crippen molar-refractivity contribution in [1.82, 2.24) is 4.98 Å². The van der Waals surface area contributed by atoms with Crippen LogP contribution in [0.5, 0.6) is 0 Å². The number of nitrogen functional groups attached to an aromatic ring is 1. The number of carbonyl (C=O) groups excluding carboxylic acids is 1. The monoisotopic (exact) mass is 231 g/mol. The van der Waals surface area contributed by atoms with Gasteiger partial charge in [0, 0.05) is 23.8 Å². The Balaban J connectivity index is 2.23. The highest BCUT2D eigenvalue weighted by molar-refractivity contribution is 6.04. The van der Waals surface area contributed by atoms with E-state index in [1.807, 2.05) is 0 Å². The molecule has 0 unspecified atom stereocenters. The Kier molecular flexibility index (Phi) is 3.00. The largest absolute Gasteiger partial charge is 0.399 e. The van der Waals surface area contributed by atoms with E-state index in [4.69, 9.17) is 5.73 Å². The number of nitrogens with two attached hydrogens (primary N) is 1. The molecule has 0 saturated carbocycles. The van der Waals surface area contributed by atoms with Crippen LogP contribution in [0.2, 0.25) is 0 Å². The second-order valence-corrected chi connectivity index (χ2v) is 3.43. The van der Waals surface area contributed by atoms with E-state index in [0.717, 1.165) is 6.07 Å². The first kappa shape index (κ1) is 11.1. The van der Waals surface area contributed by atoms with Gasteiger partial charge in [0.15, 0.2) is 0 Å². The summed E-state index contributed by atoms with van der Waals surface area (Å²) < 4.78 is 13.4. The molecule has 1 amide bonds. The summed E-state index contributed by atoms with van der Waals surface area (Å²) in [5.74, 6) is -1.15. The third-order valence-corrected chi connectivity index (χ3v) is 2.17. The van der Waals surface area contributed by atoms with Crippen molar-refractivity contribution in [2.45, 2.75) is 0 Å². The van der Waals surface area contributed by atoms with Crippen LogP contribution < -0.4 is 11.1 Å². The summed E-state index contributed by atoms with van der Waals surface area (Å²) >= 11 is 0. The first-order valence-corrected chi connectivity index (χ1v) is 4.93. The van der Waals surface area contributed by atoms with Gasteiger partial charge in [0.1, 0.15) is 5.82 Å². The summed E-state index contributed by atoms with van der Waals surface area (Å²) in [4.78, 5) is 15.6. The second kappa shape index (κ2) is 4.61. The lowest BCUT2D eigenvalue weighted by Crippen LogP contribution is -2.14. The van der Waals surface area contributed by atoms with Crippen LogP contribution in [-0.2, 0) is 0 Å². The fraction of sp³-hybridized carbons (Fsp3) is 0. The van der Waals surface area contributed by atoms with E-state index in [0.29, 0.717) is 11.4 Å². The van der Waals surface area contributed by atoms with Gasteiger partial charge in [0.2, 0.25) is 0 Å². The van der Waals surface area contributed by atoms with Crippen LogP contribution in [0.15, 0.2) is 42.7 Å². The summed E-state index contributed by atoms with van der Waals surface area (Å²) in [6.45, 7) is 0. The average molecular weight is 231 g/mol. The maximum Gasteiger partial charge on any atom is 0.258 e. The topological polar surface area (TPSA) is 68.0 Å². The molecule has 86 valence electrons. The van der Waals surface area contributed by atoms with Crippen LogP contribution in [0, 0.1) is 5.82 Å². The zero-order valence-electron chi connectivity index (χ0n) is 8.85. The Morgan fingerprint density at radius 2 is 1.94 bits per heavy atom. The average Bonchev–Trinajstić information content (AvgIpc) is 2.33. The smallest absolute Gasteiger partial charge is 0.258 e. The molecule has 2 aromatic rings. The molecule has 1 aromatic heterocycles. The molecular weight excluding hydrogens is 221 g/mol. The molecule has 0 bridgehead atoms. The number of nitrogens with one attached hydrogen (secondary N) is 1. The number of hydrogen-bond acceptors (Lipinski definition) is 3. The third kappa shape index (κ3) is 2.57. The van der Waals surface area contributed by atoms with E-state index in [9.17, 15) is 9.18 Å². The van der Waals surface area contributed by atoms with Gasteiger partial charge in [-0.1, -0.05) is 0 Å². The minimum absolute atomic E-state index is 0.0817. The maximum absolute atomic E-state index is 13.4. The number of hydrogen-bond donors (Lipinski definition) is 2. The summed E-state index contributed by atoms with van der Waals surface area (Å²) in [5, 5.41) is 2.55. The van der Waals surface area contributed by atoms with Gasteiger partial charge in [-0.05, 0) is 30.3 Å². The summed E-state index contributed by atoms with van der Waals surface area (Å²) in [7, 11) is 0. The summed E-state index contributed by atoms with van der Waals surface area (Å²) in [6.07, 6.45) is 3.07. The molecule has 0 atom stereocenters. The van der Waals surface area contributed by atoms with Crippen molar-refractivity contribution in [1.29, 1.82) is 0 Å². The Morgan fingerprint density at radius 3 is 2.65 bits per heavy atom. The van der Waals surface area contributed by atoms with E-state index < -0.39 is 11.7 Å². The van der Waals surface area contributed by atoms with Gasteiger partial charge in [0.25, 0.3) is 5.91 Å². The molecule has 5 heteroatoms. The molecule has 0 aliphatic carbocycles. The molecule has 3 N–H and O–H groups in total. The van der Waals surface area contributed by atoms with Gasteiger partial charge in [-0.25, -0.2) is 4.39 Å². The lowest BCUT2D eigenvalue weighted by Gasteiger charge is -2.06. The van der Waals surface area contributed by atoms with Gasteiger partial charge < -0.3 is 11.1 Å². The van der Waals surface area contributed by atoms with Crippen molar-refractivity contribution in [3.63, 3.8) is 0 Å². The summed E-state index contributed by atoms with van der Waals surface area (Å²) in [6, 6.07) is 7.09. The molecule has 0 radical (unpaired) electrons. The van der Waals surface area contributed by atoms with Gasteiger partial charge in [-0.3, -0.25) is 9.78 Å². The lowest BCUT2D eigenvalue weighted by molar-refractivity contribution is 0.102. The van der Waals surface area contributed by atoms with Gasteiger partial charge in [0.05, 0.1) is 5.56 Å². The standard InChI is InChI=1S/C12H10FN3O/c13-11-2-1-8(14)7-10(11)12(17)16-9-3-5-15-6-4-9/h1-7H,14H2,(H,15,16,17). The normalized spacial score (nSPS) is 9.94. The molecule has 1 aromatic carbocycles. The molecule has 0 aliphatic rings. The van der Waals surface area contributed by atoms with E-state index in [1.165, 1.54) is 24.5 Å². The van der Waals surface area contributed by atoms with Crippen LogP contribution in [0.25, 0.3) is 0 Å². The second-order valence-electron chi connectivity index (χ2n) is 3.43. The molecule has 4 nitrogen and oxygen atoms in total. The Labute approximate surface area is 97.3 Å². The molecular formula is C12H10FN3O. The predicted octanol–water partition coefficient (Wildman–Crippen LogP) is 2.06. The zero-order chi connectivity index (χ0) is 12.3. The molecule has 1 heterocycles. The van der Waals surface area contributed by atoms with Crippen molar-refractivity contribution in [3.8, 4) is 0 Å². The number of amides is 1. The number of rotatable bonds is 2. The van der Waals surface area contributed by atoms with Gasteiger partial charge in [-0.15, -0.1) is 0 Å². The first-order valence-electron chi connectivity index (χ1n) is 4.93. The first-order chi connectivity index (χ1) is 8.16. The highest BCUT2D eigenvalue weighted by Gasteiger charge is 2.11. The number of anilines is 2. The van der Waals surface area contributed by atoms with Crippen LogP contribution in [-0.4, -0.2) is 10.9 Å². The number of benzene rings is 1. The van der Waals surface area contributed by atoms with Crippen molar-refractivity contribution in [3.05, 3.63) is 54.1 Å². The van der Waals surface area contributed by atoms with Crippen molar-refractivity contribution < 1.29 is 9.18 Å². The number of pyridine rings is 1. The van der Waals surface area contributed by atoms with Gasteiger partial charge in [-0.2, -0.15) is 0 Å². The Hall–Kier alpha value is -2.43. The number of carbonyl (C=O) groups is 1. The van der Waals surface area contributed by atoms with Crippen molar-refractivity contribution in [2.75, 3.05) is 11.1 Å². The van der Waals surface area contributed by atoms with Crippen LogP contribution in [0.4, 0.5) is 15.8 Å². The number of aromatic nitrogens is 1. The van der Waals surface area contributed by atoms with Gasteiger partial charge >= 0.3 is 0 Å². The Bertz CT molecular complexity index is 543. The molecule has 0 fully saturated rings. The van der Waals surface area contributed by atoms with E-state index in [-0.39, 0.29) is 5.56 Å². The van der Waals surface area contributed by atoms with E-state index in [1.54, 1.807) is 12.1 Å². The van der Waals surface area contributed by atoms with Crippen LogP contribution in [0.3, 0.4) is 0 Å². The fourth-order valence-corrected chi connectivity index (χ4v) is 1.35. The van der Waals surface area contributed by atoms with Crippen molar-refractivity contribution in [2.24, 2.45) is 0 Å². The van der Waals surface area contributed by atoms with Crippen molar-refractivity contribution >= 4 is 17.3 Å². The minimum Gasteiger partial charge on any atom is -0.399 e. The lowest BCUT2D eigenvalue weighted by atomic mass is 10.1. The summed E-state index contributed by atoms with van der Waals surface area (Å²) in [5.41, 5.74) is 6.31. The number of halogens is 1. The fourth-order valence-electron chi connectivity index (χ4n) is 1.35. The maximum atomic E-state index is 13.4. The third-order valence-electron chi connectivity index (χ3n) is 2.17. The highest BCUT2D eigenvalue weighted by atomic mass is 19.1. The predicted molar refractivity (Wildman–Crippen MR) is 63.0 cm³/mol. The minimum atomic E-state index is -0.606. The Morgan fingerprint density at radius 1 is 1.24 bits per heavy atom. The van der Waals surface area contributed by atoms with Crippen LogP contribution in [0.1, 0.15) is 10.4 Å². The highest BCUT2D eigenvalue weighted by Crippen LogP contribution is 2.14. The van der Waals surface area contributed by atoms with E-state index in [2.05, 4.69) is 10.3 Å². The molecule has 0 saturated heterocycles. The quantitative estimate of drug-likeness (QED) is 0.777. The zero-order valence-corrected chi connectivity index (χ0v) is 8.85. The molecule has 2 rings (SSSR count). The molecule has 0 spiro atoms. The molecule has 17 heavy (non-hydrogen) atoms. The van der Waals surface area contributed by atoms with E-state index >= 15 is 0 Å². The molecule has 0 aliphatic heterocycles. The van der Waals surface area contributed by atoms with Crippen LogP contribution >= 0.6 is 0 Å².